The minimum atomic E-state index is -0.838. The lowest BCUT2D eigenvalue weighted by molar-refractivity contribution is -0.151. The summed E-state index contributed by atoms with van der Waals surface area (Å²) in [5, 5.41) is 24.3. The quantitative estimate of drug-likeness (QED) is 0.795. The highest BCUT2D eigenvalue weighted by Gasteiger charge is 2.53. The molecule has 3 rings (SSSR count). The van der Waals surface area contributed by atoms with Gasteiger partial charge in [0, 0.05) is 18.4 Å². The molecule has 120 valence electrons. The lowest BCUT2D eigenvalue weighted by atomic mass is 9.59. The van der Waals surface area contributed by atoms with Crippen molar-refractivity contribution in [1.29, 1.82) is 0 Å². The third-order valence-corrected chi connectivity index (χ3v) is 5.43. The van der Waals surface area contributed by atoms with Gasteiger partial charge in [0.05, 0.1) is 12.2 Å². The normalized spacial score (nSPS) is 38.2. The fourth-order valence-electron chi connectivity index (χ4n) is 4.50. The number of aliphatic hydroxyl groups excluding tert-OH is 2. The number of fused-ring (bicyclic) bond motifs is 1. The van der Waals surface area contributed by atoms with Crippen molar-refractivity contribution in [3.05, 3.63) is 35.9 Å². The molecule has 4 heteroatoms. The van der Waals surface area contributed by atoms with E-state index in [0.717, 1.165) is 24.8 Å². The average molecular weight is 303 g/mol. The van der Waals surface area contributed by atoms with E-state index in [9.17, 15) is 15.0 Å². The van der Waals surface area contributed by atoms with Crippen molar-refractivity contribution < 1.29 is 15.0 Å². The van der Waals surface area contributed by atoms with E-state index in [1.165, 1.54) is 0 Å². The SMILES string of the molecule is CCC[C@@H]1[C@@H](O)[C@@H](O)[C@H](c2ccccc2)[C@H]2CCNC(=O)[C@H]12. The summed E-state index contributed by atoms with van der Waals surface area (Å²) in [5.74, 6) is -0.365. The number of hydrogen-bond donors (Lipinski definition) is 3. The molecule has 6 atom stereocenters. The van der Waals surface area contributed by atoms with Crippen LogP contribution in [0.3, 0.4) is 0 Å². The highest BCUT2D eigenvalue weighted by molar-refractivity contribution is 5.80. The van der Waals surface area contributed by atoms with Gasteiger partial charge in [0.1, 0.15) is 0 Å². The topological polar surface area (TPSA) is 69.6 Å². The van der Waals surface area contributed by atoms with Gasteiger partial charge in [-0.3, -0.25) is 4.79 Å². The number of benzene rings is 1. The molecule has 1 saturated carbocycles. The molecule has 0 spiro atoms. The fourth-order valence-corrected chi connectivity index (χ4v) is 4.50. The van der Waals surface area contributed by atoms with E-state index < -0.39 is 12.2 Å². The lowest BCUT2D eigenvalue weighted by Crippen LogP contribution is -2.58. The lowest BCUT2D eigenvalue weighted by Gasteiger charge is -2.50. The van der Waals surface area contributed by atoms with Gasteiger partial charge in [-0.1, -0.05) is 43.7 Å². The van der Waals surface area contributed by atoms with Crippen molar-refractivity contribution in [2.45, 2.75) is 44.3 Å². The van der Waals surface area contributed by atoms with Crippen LogP contribution in [-0.4, -0.2) is 34.9 Å². The Balaban J connectivity index is 1.99. The zero-order valence-electron chi connectivity index (χ0n) is 13.0. The Morgan fingerprint density at radius 1 is 1.14 bits per heavy atom. The molecule has 0 bridgehead atoms. The number of carbonyl (C=O) groups is 1. The van der Waals surface area contributed by atoms with Crippen molar-refractivity contribution in [2.75, 3.05) is 6.54 Å². The molecule has 2 aliphatic rings. The zero-order valence-corrected chi connectivity index (χ0v) is 13.0. The monoisotopic (exact) mass is 303 g/mol. The predicted octanol–water partition coefficient (Wildman–Crippen LogP) is 1.67. The summed E-state index contributed by atoms with van der Waals surface area (Å²) in [6.07, 6.45) is 0.899. The van der Waals surface area contributed by atoms with Gasteiger partial charge in [0.2, 0.25) is 5.91 Å². The van der Waals surface area contributed by atoms with Gasteiger partial charge in [0.25, 0.3) is 0 Å². The zero-order chi connectivity index (χ0) is 15.7. The largest absolute Gasteiger partial charge is 0.390 e. The van der Waals surface area contributed by atoms with Gasteiger partial charge in [-0.15, -0.1) is 0 Å². The highest BCUT2D eigenvalue weighted by Crippen LogP contribution is 2.48. The minimum Gasteiger partial charge on any atom is -0.390 e. The van der Waals surface area contributed by atoms with Crippen LogP contribution in [0.25, 0.3) is 0 Å². The van der Waals surface area contributed by atoms with Crippen LogP contribution in [-0.2, 0) is 4.79 Å². The van der Waals surface area contributed by atoms with Gasteiger partial charge in [-0.2, -0.15) is 0 Å². The van der Waals surface area contributed by atoms with E-state index in [0.29, 0.717) is 6.54 Å². The molecule has 1 heterocycles. The van der Waals surface area contributed by atoms with E-state index in [-0.39, 0.29) is 29.6 Å². The van der Waals surface area contributed by atoms with Gasteiger partial charge in [0.15, 0.2) is 0 Å². The molecule has 0 unspecified atom stereocenters. The van der Waals surface area contributed by atoms with Gasteiger partial charge in [-0.25, -0.2) is 0 Å². The Labute approximate surface area is 131 Å². The first-order chi connectivity index (χ1) is 10.6. The number of rotatable bonds is 3. The number of nitrogens with one attached hydrogen (secondary N) is 1. The minimum absolute atomic E-state index is 0.0431. The van der Waals surface area contributed by atoms with E-state index in [1.807, 2.05) is 30.3 Å². The molecule has 1 aliphatic heterocycles. The molecule has 3 N–H and O–H groups in total. The Hall–Kier alpha value is -1.39. The Kier molecular flexibility index (Phi) is 4.50. The molecule has 1 amide bonds. The maximum absolute atomic E-state index is 12.4. The van der Waals surface area contributed by atoms with E-state index in [1.54, 1.807) is 0 Å². The Morgan fingerprint density at radius 2 is 1.86 bits per heavy atom. The molecule has 0 radical (unpaired) electrons. The second-order valence-electron chi connectivity index (χ2n) is 6.64. The van der Waals surface area contributed by atoms with Crippen LogP contribution in [0.5, 0.6) is 0 Å². The number of aliphatic hydroxyl groups is 2. The number of carbonyl (C=O) groups excluding carboxylic acids is 1. The predicted molar refractivity (Wildman–Crippen MR) is 84.2 cm³/mol. The molecule has 1 aliphatic carbocycles. The summed E-state index contributed by atoms with van der Waals surface area (Å²) in [7, 11) is 0. The van der Waals surface area contributed by atoms with Gasteiger partial charge >= 0.3 is 0 Å². The maximum atomic E-state index is 12.4. The third-order valence-electron chi connectivity index (χ3n) is 5.43. The molecular formula is C18H25NO3. The summed E-state index contributed by atoms with van der Waals surface area (Å²) in [6.45, 7) is 2.71. The van der Waals surface area contributed by atoms with Crippen LogP contribution in [0.4, 0.5) is 0 Å². The number of hydrogen-bond acceptors (Lipinski definition) is 3. The van der Waals surface area contributed by atoms with Gasteiger partial charge in [-0.05, 0) is 30.2 Å². The Morgan fingerprint density at radius 3 is 2.55 bits per heavy atom. The summed E-state index contributed by atoms with van der Waals surface area (Å²) in [5.41, 5.74) is 1.02. The first-order valence-corrected chi connectivity index (χ1v) is 8.34. The van der Waals surface area contributed by atoms with Crippen LogP contribution < -0.4 is 5.32 Å². The summed E-state index contributed by atoms with van der Waals surface area (Å²) >= 11 is 0. The molecule has 2 fully saturated rings. The van der Waals surface area contributed by atoms with Crippen molar-refractivity contribution in [3.8, 4) is 0 Å². The first-order valence-electron chi connectivity index (χ1n) is 8.34. The Bertz CT molecular complexity index is 518. The summed E-state index contributed by atoms with van der Waals surface area (Å²) < 4.78 is 0. The summed E-state index contributed by atoms with van der Waals surface area (Å²) in [6, 6.07) is 9.82. The molecule has 0 aromatic heterocycles. The molecule has 4 nitrogen and oxygen atoms in total. The molecular weight excluding hydrogens is 278 g/mol. The van der Waals surface area contributed by atoms with Gasteiger partial charge < -0.3 is 15.5 Å². The maximum Gasteiger partial charge on any atom is 0.223 e. The fraction of sp³-hybridized carbons (Fsp3) is 0.611. The second-order valence-corrected chi connectivity index (χ2v) is 6.64. The third kappa shape index (κ3) is 2.55. The molecule has 22 heavy (non-hydrogen) atoms. The van der Waals surface area contributed by atoms with Crippen LogP contribution in [0.15, 0.2) is 30.3 Å². The standard InChI is InChI=1S/C18H25NO3/c1-2-6-13-15-12(9-10-19-18(15)22)14(17(21)16(13)20)11-7-4-3-5-8-11/h3-5,7-8,12-17,20-21H,2,6,9-10H2,1H3,(H,19,22)/t12-,13+,14-,15+,16-,17+/m1/s1. The van der Waals surface area contributed by atoms with Crippen LogP contribution in [0.2, 0.25) is 0 Å². The van der Waals surface area contributed by atoms with Crippen molar-refractivity contribution in [1.82, 2.24) is 5.32 Å². The smallest absolute Gasteiger partial charge is 0.223 e. The summed E-state index contributed by atoms with van der Waals surface area (Å²) in [4.78, 5) is 12.4. The number of amides is 1. The molecule has 1 saturated heterocycles. The van der Waals surface area contributed by atoms with Crippen molar-refractivity contribution in [2.24, 2.45) is 17.8 Å². The second kappa shape index (κ2) is 6.39. The first kappa shape index (κ1) is 15.5. The molecule has 1 aromatic carbocycles. The number of piperidine rings is 1. The van der Waals surface area contributed by atoms with Crippen LogP contribution in [0.1, 0.15) is 37.7 Å². The van der Waals surface area contributed by atoms with Crippen molar-refractivity contribution >= 4 is 5.91 Å². The van der Waals surface area contributed by atoms with Crippen LogP contribution in [0, 0.1) is 17.8 Å². The average Bonchev–Trinajstić information content (AvgIpc) is 2.53. The van der Waals surface area contributed by atoms with E-state index in [4.69, 9.17) is 0 Å². The van der Waals surface area contributed by atoms with Crippen LogP contribution >= 0.6 is 0 Å². The molecule has 1 aromatic rings. The van der Waals surface area contributed by atoms with Crippen molar-refractivity contribution in [3.63, 3.8) is 0 Å². The van der Waals surface area contributed by atoms with E-state index in [2.05, 4.69) is 12.2 Å². The van der Waals surface area contributed by atoms with E-state index >= 15 is 0 Å². The highest BCUT2D eigenvalue weighted by atomic mass is 16.3.